The molecule has 0 radical (unpaired) electrons. The van der Waals surface area contributed by atoms with Crippen LogP contribution in [0.15, 0.2) is 24.3 Å². The third-order valence-electron chi connectivity index (χ3n) is 2.36. The number of benzene rings is 1. The number of alkyl halides is 3. The van der Waals surface area contributed by atoms with E-state index in [9.17, 15) is 18.0 Å². The van der Waals surface area contributed by atoms with E-state index in [2.05, 4.69) is 0 Å². The number of halogens is 4. The quantitative estimate of drug-likeness (QED) is 0.869. The van der Waals surface area contributed by atoms with Gasteiger partial charge in [0.2, 0.25) is 0 Å². The summed E-state index contributed by atoms with van der Waals surface area (Å²) in [7, 11) is 0. The molecule has 0 saturated heterocycles. The number of esters is 1. The van der Waals surface area contributed by atoms with E-state index in [1.807, 2.05) is 0 Å². The Balaban J connectivity index is 0.00000324. The van der Waals surface area contributed by atoms with Gasteiger partial charge in [-0.15, -0.1) is 12.4 Å². The van der Waals surface area contributed by atoms with Crippen molar-refractivity contribution in [2.45, 2.75) is 25.6 Å². The van der Waals surface area contributed by atoms with Crippen LogP contribution in [-0.4, -0.2) is 12.6 Å². The summed E-state index contributed by atoms with van der Waals surface area (Å²) in [5.74, 6) is -0.468. The highest BCUT2D eigenvalue weighted by Gasteiger charge is 2.30. The monoisotopic (exact) mass is 297 g/mol. The van der Waals surface area contributed by atoms with Crippen molar-refractivity contribution >= 4 is 18.4 Å². The van der Waals surface area contributed by atoms with Crippen molar-refractivity contribution in [1.29, 1.82) is 0 Å². The summed E-state index contributed by atoms with van der Waals surface area (Å²) in [6.07, 6.45) is -4.43. The summed E-state index contributed by atoms with van der Waals surface area (Å²) < 4.78 is 41.7. The molecule has 1 aromatic rings. The van der Waals surface area contributed by atoms with Gasteiger partial charge in [0.05, 0.1) is 18.6 Å². The van der Waals surface area contributed by atoms with E-state index < -0.39 is 23.8 Å². The van der Waals surface area contributed by atoms with E-state index in [0.29, 0.717) is 5.56 Å². The molecule has 0 unspecified atom stereocenters. The van der Waals surface area contributed by atoms with Crippen LogP contribution in [0.25, 0.3) is 0 Å². The Hall–Kier alpha value is -1.27. The molecule has 0 aromatic heterocycles. The van der Waals surface area contributed by atoms with Crippen LogP contribution >= 0.6 is 12.4 Å². The number of carbonyl (C=O) groups is 1. The average Bonchev–Trinajstić information content (AvgIpc) is 2.28. The molecular formula is C12H15ClF3NO2. The molecule has 0 aliphatic heterocycles. The minimum absolute atomic E-state index is 0. The van der Waals surface area contributed by atoms with Crippen LogP contribution in [0, 0.1) is 0 Å². The Morgan fingerprint density at radius 1 is 1.32 bits per heavy atom. The lowest BCUT2D eigenvalue weighted by Crippen LogP contribution is -2.17. The summed E-state index contributed by atoms with van der Waals surface area (Å²) >= 11 is 0. The van der Waals surface area contributed by atoms with E-state index in [1.54, 1.807) is 6.92 Å². The Morgan fingerprint density at radius 3 is 2.26 bits per heavy atom. The molecule has 108 valence electrons. The summed E-state index contributed by atoms with van der Waals surface area (Å²) in [4.78, 5) is 11.2. The average molecular weight is 298 g/mol. The number of carbonyl (C=O) groups excluding carboxylic acids is 1. The molecule has 2 N–H and O–H groups in total. The molecule has 0 heterocycles. The van der Waals surface area contributed by atoms with Crippen molar-refractivity contribution in [1.82, 2.24) is 0 Å². The predicted octanol–water partition coefficient (Wildman–Crippen LogP) is 3.08. The molecule has 0 aliphatic carbocycles. The number of rotatable bonds is 4. The lowest BCUT2D eigenvalue weighted by atomic mass is 10.0. The van der Waals surface area contributed by atoms with Gasteiger partial charge in [-0.25, -0.2) is 0 Å². The fourth-order valence-electron chi connectivity index (χ4n) is 1.44. The first-order chi connectivity index (χ1) is 8.34. The fraction of sp³-hybridized carbons (Fsp3) is 0.417. The van der Waals surface area contributed by atoms with Crippen LogP contribution in [0.3, 0.4) is 0 Å². The molecule has 0 saturated carbocycles. The largest absolute Gasteiger partial charge is 0.466 e. The normalized spacial score (nSPS) is 12.5. The summed E-state index contributed by atoms with van der Waals surface area (Å²) in [6.45, 7) is 1.92. The highest BCUT2D eigenvalue weighted by molar-refractivity contribution is 5.85. The van der Waals surface area contributed by atoms with Gasteiger partial charge in [0.25, 0.3) is 0 Å². The van der Waals surface area contributed by atoms with Crippen LogP contribution in [0.4, 0.5) is 13.2 Å². The molecule has 1 rings (SSSR count). The highest BCUT2D eigenvalue weighted by atomic mass is 35.5. The number of nitrogens with two attached hydrogens (primary N) is 1. The van der Waals surface area contributed by atoms with Gasteiger partial charge in [0.15, 0.2) is 0 Å². The molecule has 19 heavy (non-hydrogen) atoms. The number of hydrogen-bond acceptors (Lipinski definition) is 3. The molecule has 1 atom stereocenters. The van der Waals surface area contributed by atoms with Gasteiger partial charge in [-0.2, -0.15) is 13.2 Å². The molecule has 1 aromatic carbocycles. The van der Waals surface area contributed by atoms with Gasteiger partial charge < -0.3 is 10.5 Å². The molecule has 0 amide bonds. The van der Waals surface area contributed by atoms with E-state index in [0.717, 1.165) is 12.1 Å². The van der Waals surface area contributed by atoms with E-state index in [4.69, 9.17) is 10.5 Å². The van der Waals surface area contributed by atoms with Crippen LogP contribution in [0.1, 0.15) is 30.5 Å². The summed E-state index contributed by atoms with van der Waals surface area (Å²) in [6, 6.07) is 3.77. The van der Waals surface area contributed by atoms with E-state index in [1.165, 1.54) is 12.1 Å². The maximum atomic E-state index is 12.3. The smallest absolute Gasteiger partial charge is 0.416 e. The Labute approximate surface area is 115 Å². The third-order valence-corrected chi connectivity index (χ3v) is 2.36. The zero-order valence-corrected chi connectivity index (χ0v) is 11.1. The minimum Gasteiger partial charge on any atom is -0.466 e. The van der Waals surface area contributed by atoms with E-state index >= 15 is 0 Å². The second-order valence-electron chi connectivity index (χ2n) is 3.74. The number of ether oxygens (including phenoxy) is 1. The van der Waals surface area contributed by atoms with Crippen molar-refractivity contribution in [3.63, 3.8) is 0 Å². The van der Waals surface area contributed by atoms with Crippen molar-refractivity contribution in [2.24, 2.45) is 5.73 Å². The molecule has 0 fully saturated rings. The molecule has 0 aliphatic rings. The molecule has 0 bridgehead atoms. The molecular weight excluding hydrogens is 283 g/mol. The van der Waals surface area contributed by atoms with Gasteiger partial charge in [0, 0.05) is 6.04 Å². The minimum atomic E-state index is -4.37. The van der Waals surface area contributed by atoms with Crippen LogP contribution < -0.4 is 5.73 Å². The maximum absolute atomic E-state index is 12.3. The maximum Gasteiger partial charge on any atom is 0.416 e. The first kappa shape index (κ1) is 17.7. The second kappa shape index (κ2) is 7.35. The van der Waals surface area contributed by atoms with E-state index in [-0.39, 0.29) is 25.4 Å². The summed E-state index contributed by atoms with van der Waals surface area (Å²) in [5.41, 5.74) is 5.43. The molecule has 3 nitrogen and oxygen atoms in total. The van der Waals surface area contributed by atoms with Crippen molar-refractivity contribution in [3.8, 4) is 0 Å². The Bertz CT molecular complexity index is 406. The third kappa shape index (κ3) is 5.48. The van der Waals surface area contributed by atoms with Crippen molar-refractivity contribution in [3.05, 3.63) is 35.4 Å². The van der Waals surface area contributed by atoms with Gasteiger partial charge in [-0.3, -0.25) is 4.79 Å². The van der Waals surface area contributed by atoms with Crippen LogP contribution in [0.5, 0.6) is 0 Å². The van der Waals surface area contributed by atoms with Gasteiger partial charge in [0.1, 0.15) is 0 Å². The SMILES string of the molecule is CCOC(=O)C[C@H](N)c1ccc(C(F)(F)F)cc1.Cl. The van der Waals surface area contributed by atoms with Gasteiger partial charge in [-0.05, 0) is 24.6 Å². The first-order valence-electron chi connectivity index (χ1n) is 5.43. The Kier molecular flexibility index (Phi) is 6.86. The lowest BCUT2D eigenvalue weighted by Gasteiger charge is -2.12. The van der Waals surface area contributed by atoms with Crippen molar-refractivity contribution < 1.29 is 22.7 Å². The highest BCUT2D eigenvalue weighted by Crippen LogP contribution is 2.30. The molecule has 0 spiro atoms. The van der Waals surface area contributed by atoms with Gasteiger partial charge in [-0.1, -0.05) is 12.1 Å². The van der Waals surface area contributed by atoms with Crippen LogP contribution in [-0.2, 0) is 15.7 Å². The second-order valence-corrected chi connectivity index (χ2v) is 3.74. The molecule has 7 heteroatoms. The Morgan fingerprint density at radius 2 is 1.84 bits per heavy atom. The summed E-state index contributed by atoms with van der Waals surface area (Å²) in [5, 5.41) is 0. The predicted molar refractivity (Wildman–Crippen MR) is 66.9 cm³/mol. The zero-order chi connectivity index (χ0) is 13.8. The van der Waals surface area contributed by atoms with Crippen molar-refractivity contribution in [2.75, 3.05) is 6.61 Å². The topological polar surface area (TPSA) is 52.3 Å². The zero-order valence-electron chi connectivity index (χ0n) is 10.2. The number of hydrogen-bond donors (Lipinski definition) is 1. The standard InChI is InChI=1S/C12H14F3NO2.ClH/c1-2-18-11(17)7-10(16)8-3-5-9(6-4-8)12(13,14)15;/h3-6,10H,2,7,16H2,1H3;1H/t10-;/m0./s1. The van der Waals surface area contributed by atoms with Gasteiger partial charge >= 0.3 is 12.1 Å². The fourth-order valence-corrected chi connectivity index (χ4v) is 1.44. The van der Waals surface area contributed by atoms with Crippen LogP contribution in [0.2, 0.25) is 0 Å². The lowest BCUT2D eigenvalue weighted by molar-refractivity contribution is -0.143. The first-order valence-corrected chi connectivity index (χ1v) is 5.43.